The molecular weight excluding hydrogens is 295 g/mol. The first-order valence-electron chi connectivity index (χ1n) is 5.98. The molecule has 102 valence electrons. The molecule has 6 heteroatoms. The maximum absolute atomic E-state index is 13.5. The molecule has 0 unspecified atom stereocenters. The van der Waals surface area contributed by atoms with Gasteiger partial charge < -0.3 is 4.52 Å². The predicted molar refractivity (Wildman–Crippen MR) is 78.3 cm³/mol. The molecule has 1 aromatic carbocycles. The van der Waals surface area contributed by atoms with Gasteiger partial charge in [-0.15, -0.1) is 23.1 Å². The standard InChI is InChI=1S/C14H11FN2OS2/c1-9-4-5-10(7-11(9)15)14-16-12(18-17-14)8-20-13-3-2-6-19-13/h2-7H,8H2,1H3. The highest BCUT2D eigenvalue weighted by Crippen LogP contribution is 2.27. The van der Waals surface area contributed by atoms with Crippen LogP contribution in [0.25, 0.3) is 11.4 Å². The van der Waals surface area contributed by atoms with Crippen molar-refractivity contribution >= 4 is 23.1 Å². The van der Waals surface area contributed by atoms with E-state index in [0.29, 0.717) is 28.6 Å². The highest BCUT2D eigenvalue weighted by Gasteiger charge is 2.10. The minimum absolute atomic E-state index is 0.262. The van der Waals surface area contributed by atoms with E-state index in [1.165, 1.54) is 10.3 Å². The molecule has 0 spiro atoms. The molecule has 0 saturated carbocycles. The summed E-state index contributed by atoms with van der Waals surface area (Å²) in [6.45, 7) is 1.72. The van der Waals surface area contributed by atoms with Gasteiger partial charge in [0, 0.05) is 5.56 Å². The van der Waals surface area contributed by atoms with E-state index in [2.05, 4.69) is 10.1 Å². The van der Waals surface area contributed by atoms with Crippen molar-refractivity contribution in [2.24, 2.45) is 0 Å². The van der Waals surface area contributed by atoms with Crippen LogP contribution in [0.2, 0.25) is 0 Å². The monoisotopic (exact) mass is 306 g/mol. The van der Waals surface area contributed by atoms with Crippen LogP contribution < -0.4 is 0 Å². The lowest BCUT2D eigenvalue weighted by molar-refractivity contribution is 0.391. The Morgan fingerprint density at radius 1 is 1.35 bits per heavy atom. The average Bonchev–Trinajstić information content (AvgIpc) is 3.10. The number of benzene rings is 1. The van der Waals surface area contributed by atoms with E-state index in [4.69, 9.17) is 4.52 Å². The molecule has 0 saturated heterocycles. The van der Waals surface area contributed by atoms with Gasteiger partial charge in [0.2, 0.25) is 11.7 Å². The molecule has 0 N–H and O–H groups in total. The Morgan fingerprint density at radius 2 is 2.25 bits per heavy atom. The second-order valence-corrected chi connectivity index (χ2v) is 6.42. The van der Waals surface area contributed by atoms with Gasteiger partial charge in [0.1, 0.15) is 5.82 Å². The van der Waals surface area contributed by atoms with E-state index in [9.17, 15) is 4.39 Å². The van der Waals surface area contributed by atoms with Gasteiger partial charge in [0.25, 0.3) is 0 Å². The van der Waals surface area contributed by atoms with E-state index < -0.39 is 0 Å². The molecular formula is C14H11FN2OS2. The number of hydrogen-bond donors (Lipinski definition) is 0. The Labute approximate surface area is 123 Å². The molecule has 0 fully saturated rings. The smallest absolute Gasteiger partial charge is 0.237 e. The van der Waals surface area contributed by atoms with Crippen molar-refractivity contribution in [2.45, 2.75) is 16.9 Å². The summed E-state index contributed by atoms with van der Waals surface area (Å²) in [5, 5.41) is 5.92. The van der Waals surface area contributed by atoms with Crippen molar-refractivity contribution in [3.05, 3.63) is 53.0 Å². The fraction of sp³-hybridized carbons (Fsp3) is 0.143. The maximum Gasteiger partial charge on any atom is 0.237 e. The zero-order valence-electron chi connectivity index (χ0n) is 10.7. The average molecular weight is 306 g/mol. The molecule has 0 aliphatic heterocycles. The first kappa shape index (κ1) is 13.3. The molecule has 0 aliphatic carbocycles. The van der Waals surface area contributed by atoms with Crippen LogP contribution >= 0.6 is 23.1 Å². The number of halogens is 1. The SMILES string of the molecule is Cc1ccc(-c2noc(CSc3cccs3)n2)cc1F. The second kappa shape index (κ2) is 5.76. The number of aryl methyl sites for hydroxylation is 1. The number of rotatable bonds is 4. The molecule has 0 atom stereocenters. The Balaban J connectivity index is 1.74. The van der Waals surface area contributed by atoms with Crippen LogP contribution in [0.4, 0.5) is 4.39 Å². The largest absolute Gasteiger partial charge is 0.338 e. The van der Waals surface area contributed by atoms with E-state index in [-0.39, 0.29) is 5.82 Å². The highest BCUT2D eigenvalue weighted by molar-refractivity contribution is 8.00. The van der Waals surface area contributed by atoms with Crippen LogP contribution in [0.1, 0.15) is 11.5 Å². The fourth-order valence-corrected chi connectivity index (χ4v) is 3.26. The van der Waals surface area contributed by atoms with Crippen molar-refractivity contribution in [3.63, 3.8) is 0 Å². The second-order valence-electron chi connectivity index (χ2n) is 4.20. The topological polar surface area (TPSA) is 38.9 Å². The van der Waals surface area contributed by atoms with E-state index in [0.717, 1.165) is 0 Å². The Bertz CT molecular complexity index is 710. The van der Waals surface area contributed by atoms with E-state index >= 15 is 0 Å². The van der Waals surface area contributed by atoms with Gasteiger partial charge in [0.15, 0.2) is 0 Å². The van der Waals surface area contributed by atoms with Gasteiger partial charge in [-0.05, 0) is 30.0 Å². The van der Waals surface area contributed by atoms with Gasteiger partial charge in [-0.1, -0.05) is 23.4 Å². The maximum atomic E-state index is 13.5. The lowest BCUT2D eigenvalue weighted by atomic mass is 10.1. The van der Waals surface area contributed by atoms with Crippen LogP contribution in [0.5, 0.6) is 0 Å². The minimum atomic E-state index is -0.262. The Hall–Kier alpha value is -1.66. The summed E-state index contributed by atoms with van der Waals surface area (Å²) in [5.74, 6) is 1.31. The first-order chi connectivity index (χ1) is 9.72. The zero-order valence-corrected chi connectivity index (χ0v) is 12.3. The van der Waals surface area contributed by atoms with Crippen molar-refractivity contribution in [3.8, 4) is 11.4 Å². The third-order valence-electron chi connectivity index (χ3n) is 2.73. The summed E-state index contributed by atoms with van der Waals surface area (Å²) < 4.78 is 19.9. The molecule has 0 radical (unpaired) electrons. The summed E-state index contributed by atoms with van der Waals surface area (Å²) in [6, 6.07) is 8.97. The number of hydrogen-bond acceptors (Lipinski definition) is 5. The van der Waals surface area contributed by atoms with Crippen LogP contribution in [0.3, 0.4) is 0 Å². The molecule has 20 heavy (non-hydrogen) atoms. The van der Waals surface area contributed by atoms with Crippen molar-refractivity contribution in [1.29, 1.82) is 0 Å². The molecule has 0 amide bonds. The molecule has 2 aromatic heterocycles. The minimum Gasteiger partial charge on any atom is -0.338 e. The van der Waals surface area contributed by atoms with Gasteiger partial charge in [-0.2, -0.15) is 4.98 Å². The molecule has 2 heterocycles. The Kier molecular flexibility index (Phi) is 3.84. The molecule has 3 nitrogen and oxygen atoms in total. The van der Waals surface area contributed by atoms with Crippen molar-refractivity contribution in [1.82, 2.24) is 10.1 Å². The van der Waals surface area contributed by atoms with Crippen LogP contribution in [0, 0.1) is 12.7 Å². The number of thioether (sulfide) groups is 1. The highest BCUT2D eigenvalue weighted by atomic mass is 32.2. The van der Waals surface area contributed by atoms with Crippen LogP contribution in [-0.2, 0) is 5.75 Å². The third-order valence-corrected chi connectivity index (χ3v) is 4.85. The fourth-order valence-electron chi connectivity index (χ4n) is 1.64. The van der Waals surface area contributed by atoms with Gasteiger partial charge in [-0.3, -0.25) is 0 Å². The summed E-state index contributed by atoms with van der Waals surface area (Å²) in [5.41, 5.74) is 1.23. The predicted octanol–water partition coefficient (Wildman–Crippen LogP) is 4.54. The van der Waals surface area contributed by atoms with E-state index in [1.807, 2.05) is 17.5 Å². The van der Waals surface area contributed by atoms with Crippen LogP contribution in [0.15, 0.2) is 44.4 Å². The molecule has 3 aromatic rings. The van der Waals surface area contributed by atoms with Crippen LogP contribution in [-0.4, -0.2) is 10.1 Å². The van der Waals surface area contributed by atoms with Gasteiger partial charge in [-0.25, -0.2) is 4.39 Å². The summed E-state index contributed by atoms with van der Waals surface area (Å²) in [6.07, 6.45) is 0. The molecule has 0 aliphatic rings. The zero-order chi connectivity index (χ0) is 13.9. The van der Waals surface area contributed by atoms with Gasteiger partial charge in [0.05, 0.1) is 9.96 Å². The molecule has 3 rings (SSSR count). The summed E-state index contributed by atoms with van der Waals surface area (Å²) in [4.78, 5) is 4.29. The van der Waals surface area contributed by atoms with Crippen molar-refractivity contribution < 1.29 is 8.91 Å². The van der Waals surface area contributed by atoms with E-state index in [1.54, 1.807) is 42.2 Å². The lowest BCUT2D eigenvalue weighted by Gasteiger charge is -1.97. The normalized spacial score (nSPS) is 10.9. The number of thiophene rings is 1. The summed E-state index contributed by atoms with van der Waals surface area (Å²) in [7, 11) is 0. The van der Waals surface area contributed by atoms with Gasteiger partial charge >= 0.3 is 0 Å². The van der Waals surface area contributed by atoms with Crippen molar-refractivity contribution in [2.75, 3.05) is 0 Å². The Morgan fingerprint density at radius 3 is 3.00 bits per heavy atom. The lowest BCUT2D eigenvalue weighted by Crippen LogP contribution is -1.86. The molecule has 0 bridgehead atoms. The third kappa shape index (κ3) is 2.91. The number of nitrogens with zero attached hydrogens (tertiary/aromatic N) is 2. The number of aromatic nitrogens is 2. The summed E-state index contributed by atoms with van der Waals surface area (Å²) >= 11 is 3.31. The quantitative estimate of drug-likeness (QED) is 0.663. The first-order valence-corrected chi connectivity index (χ1v) is 7.84.